The van der Waals surface area contributed by atoms with E-state index in [1.54, 1.807) is 0 Å². The van der Waals surface area contributed by atoms with Crippen molar-refractivity contribution in [3.05, 3.63) is 12.2 Å². The van der Waals surface area contributed by atoms with Crippen LogP contribution >= 0.6 is 31.9 Å². The zero-order valence-corrected chi connectivity index (χ0v) is 18.2. The maximum atomic E-state index is 11.4. The maximum Gasteiger partial charge on any atom is 0.0659 e. The molecule has 23 heavy (non-hydrogen) atoms. The average Bonchev–Trinajstić information content (AvgIpc) is 2.50. The Hall–Kier alpha value is 0.660. The fourth-order valence-electron chi connectivity index (χ4n) is 6.45. The fraction of sp³-hybridized carbons (Fsp3) is 0.900. The molecule has 0 spiro atoms. The minimum atomic E-state index is -0.555. The van der Waals surface area contributed by atoms with Gasteiger partial charge >= 0.3 is 0 Å². The van der Waals surface area contributed by atoms with Gasteiger partial charge in [-0.3, -0.25) is 0 Å². The van der Waals surface area contributed by atoms with Crippen LogP contribution in [0.3, 0.4) is 0 Å². The van der Waals surface area contributed by atoms with Crippen LogP contribution in [0.5, 0.6) is 0 Å². The number of aliphatic hydroxyl groups is 1. The summed E-state index contributed by atoms with van der Waals surface area (Å²) in [4.78, 5) is 0.529. The smallest absolute Gasteiger partial charge is 0.0659 e. The largest absolute Gasteiger partial charge is 0.390 e. The number of allylic oxidation sites excluding steroid dienone is 2. The van der Waals surface area contributed by atoms with Crippen molar-refractivity contribution in [3.63, 3.8) is 0 Å². The quantitative estimate of drug-likeness (QED) is 0.410. The van der Waals surface area contributed by atoms with Gasteiger partial charge < -0.3 is 5.11 Å². The second kappa shape index (κ2) is 6.13. The minimum Gasteiger partial charge on any atom is -0.390 e. The van der Waals surface area contributed by atoms with E-state index < -0.39 is 5.60 Å². The average molecular weight is 448 g/mol. The molecule has 0 radical (unpaired) electrons. The zero-order chi connectivity index (χ0) is 17.0. The predicted octanol–water partition coefficient (Wildman–Crippen LogP) is 5.94. The molecule has 2 saturated carbocycles. The van der Waals surface area contributed by atoms with Gasteiger partial charge in [0.1, 0.15) is 0 Å². The van der Waals surface area contributed by atoms with Crippen LogP contribution < -0.4 is 0 Å². The van der Waals surface area contributed by atoms with Crippen molar-refractivity contribution in [2.75, 3.05) is 5.33 Å². The van der Waals surface area contributed by atoms with E-state index in [9.17, 15) is 5.11 Å². The molecule has 0 saturated heterocycles. The molecule has 0 aromatic heterocycles. The molecule has 0 aromatic rings. The molecule has 0 bridgehead atoms. The number of hydrogen-bond acceptors (Lipinski definition) is 1. The Morgan fingerprint density at radius 2 is 1.91 bits per heavy atom. The number of rotatable bonds is 2. The van der Waals surface area contributed by atoms with Crippen molar-refractivity contribution in [1.82, 2.24) is 0 Å². The predicted molar refractivity (Wildman–Crippen MR) is 105 cm³/mol. The Bertz CT molecular complexity index is 486. The zero-order valence-electron chi connectivity index (χ0n) is 15.0. The number of halogens is 2. The Kier molecular flexibility index (Phi) is 4.91. The minimum absolute atomic E-state index is 0.196. The van der Waals surface area contributed by atoms with E-state index in [0.29, 0.717) is 33.9 Å². The summed E-state index contributed by atoms with van der Waals surface area (Å²) in [5.41, 5.74) is -0.0524. The van der Waals surface area contributed by atoms with E-state index in [-0.39, 0.29) is 5.41 Å². The summed E-state index contributed by atoms with van der Waals surface area (Å²) in [7, 11) is 0. The van der Waals surface area contributed by atoms with Crippen LogP contribution in [0.2, 0.25) is 0 Å². The molecule has 0 heterocycles. The topological polar surface area (TPSA) is 20.2 Å². The summed E-state index contributed by atoms with van der Waals surface area (Å²) in [6.07, 6.45) is 10.6. The van der Waals surface area contributed by atoms with Gasteiger partial charge in [0.2, 0.25) is 0 Å². The van der Waals surface area contributed by atoms with Gasteiger partial charge in [-0.15, -0.1) is 0 Å². The van der Waals surface area contributed by atoms with Crippen LogP contribution in [0, 0.1) is 34.5 Å². The Morgan fingerprint density at radius 1 is 1.22 bits per heavy atom. The van der Waals surface area contributed by atoms with Gasteiger partial charge in [-0.25, -0.2) is 0 Å². The van der Waals surface area contributed by atoms with Crippen LogP contribution in [0.1, 0.15) is 59.8 Å². The first-order chi connectivity index (χ1) is 10.7. The molecule has 0 amide bonds. The maximum absolute atomic E-state index is 11.4. The van der Waals surface area contributed by atoms with Crippen molar-refractivity contribution in [1.29, 1.82) is 0 Å². The van der Waals surface area contributed by atoms with Crippen LogP contribution in [-0.4, -0.2) is 20.9 Å². The van der Waals surface area contributed by atoms with E-state index in [0.717, 1.165) is 18.2 Å². The summed E-state index contributed by atoms with van der Waals surface area (Å²) >= 11 is 7.90. The monoisotopic (exact) mass is 446 g/mol. The van der Waals surface area contributed by atoms with Crippen LogP contribution in [0.4, 0.5) is 0 Å². The Morgan fingerprint density at radius 3 is 2.52 bits per heavy atom. The lowest BCUT2D eigenvalue weighted by atomic mass is 9.42. The lowest BCUT2D eigenvalue weighted by Gasteiger charge is -2.65. The molecule has 2 unspecified atom stereocenters. The van der Waals surface area contributed by atoms with E-state index >= 15 is 0 Å². The highest BCUT2D eigenvalue weighted by atomic mass is 79.9. The summed E-state index contributed by atoms with van der Waals surface area (Å²) in [6, 6.07) is 0. The van der Waals surface area contributed by atoms with Gasteiger partial charge in [0, 0.05) is 16.1 Å². The highest BCUT2D eigenvalue weighted by molar-refractivity contribution is 9.09. The highest BCUT2D eigenvalue weighted by Crippen LogP contribution is 2.67. The third-order valence-electron chi connectivity index (χ3n) is 7.68. The van der Waals surface area contributed by atoms with E-state index in [1.165, 1.54) is 19.3 Å². The number of hydrogen-bond donors (Lipinski definition) is 1. The van der Waals surface area contributed by atoms with Crippen molar-refractivity contribution < 1.29 is 5.11 Å². The standard InChI is InChI=1S/C20H32Br2O/c1-13(2)14-6-5-7-15-17-18(3,10-11-20(14,15)12-21)16(22)8-9-19(17,4)23/h5,7,13-17,23H,6,8-12H2,1-4H3/t14-,15?,16-,17?,18+,19+,20-/m0/s1. The van der Waals surface area contributed by atoms with Gasteiger partial charge in [-0.05, 0) is 67.6 Å². The lowest BCUT2D eigenvalue weighted by molar-refractivity contribution is -0.171. The Labute approximate surface area is 158 Å². The normalized spacial score (nSPS) is 53.0. The summed E-state index contributed by atoms with van der Waals surface area (Å²) in [6.45, 7) is 9.29. The van der Waals surface area contributed by atoms with Crippen molar-refractivity contribution in [2.45, 2.75) is 70.2 Å². The van der Waals surface area contributed by atoms with Crippen molar-refractivity contribution >= 4 is 31.9 Å². The summed E-state index contributed by atoms with van der Waals surface area (Å²) < 4.78 is 0. The molecule has 2 fully saturated rings. The van der Waals surface area contributed by atoms with Gasteiger partial charge in [0.05, 0.1) is 5.60 Å². The third-order valence-corrected chi connectivity index (χ3v) is 10.2. The van der Waals surface area contributed by atoms with Gasteiger partial charge in [-0.1, -0.05) is 64.8 Å². The second-order valence-electron chi connectivity index (χ2n) is 9.25. The first kappa shape index (κ1) is 18.5. The number of alkyl halides is 2. The molecular formula is C20H32Br2O. The highest BCUT2D eigenvalue weighted by Gasteiger charge is 2.63. The molecule has 0 aliphatic heterocycles. The lowest BCUT2D eigenvalue weighted by Crippen LogP contribution is -2.64. The van der Waals surface area contributed by atoms with E-state index in [4.69, 9.17) is 0 Å². The fourth-order valence-corrected chi connectivity index (χ4v) is 8.26. The molecule has 132 valence electrons. The van der Waals surface area contributed by atoms with E-state index in [2.05, 4.69) is 71.7 Å². The molecular weight excluding hydrogens is 416 g/mol. The molecule has 3 rings (SSSR count). The second-order valence-corrected chi connectivity index (χ2v) is 10.9. The van der Waals surface area contributed by atoms with Crippen LogP contribution in [0.25, 0.3) is 0 Å². The summed E-state index contributed by atoms with van der Waals surface area (Å²) in [5, 5.41) is 12.4. The van der Waals surface area contributed by atoms with Crippen LogP contribution in [-0.2, 0) is 0 Å². The van der Waals surface area contributed by atoms with Crippen molar-refractivity contribution in [3.8, 4) is 0 Å². The molecule has 1 nitrogen and oxygen atoms in total. The first-order valence-corrected chi connectivity index (χ1v) is 11.3. The molecule has 3 heteroatoms. The first-order valence-electron chi connectivity index (χ1n) is 9.28. The Balaban J connectivity index is 2.10. The molecule has 3 aliphatic carbocycles. The SMILES string of the molecule is CC(C)[C@@H]1CC=CC2C3[C@](C)(CC[C@@]21CBr)[C@@H](Br)CC[C@@]3(C)O. The molecule has 0 aromatic carbocycles. The van der Waals surface area contributed by atoms with Crippen LogP contribution in [0.15, 0.2) is 12.2 Å². The molecule has 1 N–H and O–H groups in total. The molecule has 7 atom stereocenters. The van der Waals surface area contributed by atoms with E-state index in [1.807, 2.05) is 0 Å². The van der Waals surface area contributed by atoms with Crippen molar-refractivity contribution in [2.24, 2.45) is 34.5 Å². The number of fused-ring (bicyclic) bond motifs is 3. The van der Waals surface area contributed by atoms with Gasteiger partial charge in [0.25, 0.3) is 0 Å². The summed E-state index contributed by atoms with van der Waals surface area (Å²) in [5.74, 6) is 2.24. The van der Waals surface area contributed by atoms with Gasteiger partial charge in [0.15, 0.2) is 0 Å². The third kappa shape index (κ3) is 2.63. The molecule has 3 aliphatic rings. The van der Waals surface area contributed by atoms with Gasteiger partial charge in [-0.2, -0.15) is 0 Å².